The molecule has 2 amide bonds. The molecule has 6 nitrogen and oxygen atoms in total. The first-order valence-electron chi connectivity index (χ1n) is 5.44. The molecule has 0 saturated carbocycles. The Bertz CT molecular complexity index is 506. The molecule has 2 rings (SSSR count). The number of hydrogen-bond acceptors (Lipinski definition) is 4. The Morgan fingerprint density at radius 3 is 2.83 bits per heavy atom. The molecule has 2 heterocycles. The lowest BCUT2D eigenvalue weighted by molar-refractivity contribution is -0.133. The van der Waals surface area contributed by atoms with Gasteiger partial charge in [0.1, 0.15) is 18.1 Å². The van der Waals surface area contributed by atoms with Gasteiger partial charge in [0.2, 0.25) is 5.91 Å². The van der Waals surface area contributed by atoms with Crippen molar-refractivity contribution in [1.82, 2.24) is 14.8 Å². The normalized spacial score (nSPS) is 16.0. The number of hydrogen-bond donors (Lipinski definition) is 1. The molecule has 2 N–H and O–H groups in total. The fourth-order valence-corrected chi connectivity index (χ4v) is 1.87. The molecule has 0 unspecified atom stereocenters. The minimum Gasteiger partial charge on any atom is -0.384 e. The smallest absolute Gasteiger partial charge is 0.274 e. The third-order valence-corrected chi connectivity index (χ3v) is 3.12. The van der Waals surface area contributed by atoms with E-state index in [4.69, 9.17) is 17.3 Å². The molecule has 0 radical (unpaired) electrons. The van der Waals surface area contributed by atoms with Crippen molar-refractivity contribution < 1.29 is 9.59 Å². The zero-order valence-corrected chi connectivity index (χ0v) is 10.6. The number of anilines is 1. The number of rotatable bonds is 1. The summed E-state index contributed by atoms with van der Waals surface area (Å²) in [5.74, 6) is -0.244. The minimum atomic E-state index is -0.367. The number of pyridine rings is 1. The van der Waals surface area contributed by atoms with Gasteiger partial charge in [0.15, 0.2) is 0 Å². The van der Waals surface area contributed by atoms with E-state index in [0.717, 1.165) is 0 Å². The number of aromatic nitrogens is 1. The van der Waals surface area contributed by atoms with Gasteiger partial charge >= 0.3 is 0 Å². The number of nitrogen functional groups attached to an aromatic ring is 1. The lowest BCUT2D eigenvalue weighted by Gasteiger charge is -2.31. The molecule has 96 valence electrons. The first-order chi connectivity index (χ1) is 8.49. The molecule has 18 heavy (non-hydrogen) atoms. The number of halogens is 1. The van der Waals surface area contributed by atoms with Crippen molar-refractivity contribution in [3.63, 3.8) is 0 Å². The second-order valence-corrected chi connectivity index (χ2v) is 4.52. The molecular formula is C11H13ClN4O2. The van der Waals surface area contributed by atoms with E-state index in [0.29, 0.717) is 13.1 Å². The number of carbonyl (C=O) groups is 2. The number of nitrogens with zero attached hydrogens (tertiary/aromatic N) is 3. The molecule has 7 heteroatoms. The van der Waals surface area contributed by atoms with Crippen LogP contribution in [0.25, 0.3) is 0 Å². The summed E-state index contributed by atoms with van der Waals surface area (Å²) in [6, 6.07) is 3.04. The van der Waals surface area contributed by atoms with Gasteiger partial charge in [-0.1, -0.05) is 11.6 Å². The molecule has 1 aliphatic rings. The van der Waals surface area contributed by atoms with Gasteiger partial charge in [0, 0.05) is 20.1 Å². The van der Waals surface area contributed by atoms with E-state index in [9.17, 15) is 9.59 Å². The second-order valence-electron chi connectivity index (χ2n) is 4.11. The van der Waals surface area contributed by atoms with Crippen LogP contribution >= 0.6 is 11.6 Å². The van der Waals surface area contributed by atoms with Gasteiger partial charge in [-0.15, -0.1) is 0 Å². The summed E-state index contributed by atoms with van der Waals surface area (Å²) in [4.78, 5) is 30.7. The first kappa shape index (κ1) is 12.6. The van der Waals surface area contributed by atoms with E-state index < -0.39 is 0 Å². The molecule has 1 saturated heterocycles. The summed E-state index contributed by atoms with van der Waals surface area (Å²) in [6.45, 7) is 1.01. The Kier molecular flexibility index (Phi) is 3.38. The van der Waals surface area contributed by atoms with Crippen molar-refractivity contribution in [2.75, 3.05) is 32.4 Å². The van der Waals surface area contributed by atoms with Crippen molar-refractivity contribution >= 4 is 29.2 Å². The number of likely N-dealkylation sites (N-methyl/N-ethyl adjacent to an activating group) is 1. The third-order valence-electron chi connectivity index (χ3n) is 2.81. The predicted molar refractivity (Wildman–Crippen MR) is 67.2 cm³/mol. The molecular weight excluding hydrogens is 256 g/mol. The van der Waals surface area contributed by atoms with E-state index in [1.165, 1.54) is 17.0 Å². The zero-order valence-electron chi connectivity index (χ0n) is 9.89. The summed E-state index contributed by atoms with van der Waals surface area (Å²) in [7, 11) is 1.70. The van der Waals surface area contributed by atoms with Crippen molar-refractivity contribution in [2.45, 2.75) is 0 Å². The second kappa shape index (κ2) is 4.81. The van der Waals surface area contributed by atoms with Crippen LogP contribution in [0.4, 0.5) is 5.82 Å². The molecule has 0 atom stereocenters. The van der Waals surface area contributed by atoms with Crippen LogP contribution in [0.1, 0.15) is 10.5 Å². The van der Waals surface area contributed by atoms with Gasteiger partial charge in [0.25, 0.3) is 5.91 Å². The highest BCUT2D eigenvalue weighted by molar-refractivity contribution is 6.33. The summed E-state index contributed by atoms with van der Waals surface area (Å²) >= 11 is 5.91. The number of piperazine rings is 1. The first-order valence-corrected chi connectivity index (χ1v) is 5.82. The lowest BCUT2D eigenvalue weighted by atomic mass is 10.2. The summed E-state index contributed by atoms with van der Waals surface area (Å²) in [6.07, 6.45) is 0. The molecule has 0 spiro atoms. The average Bonchev–Trinajstić information content (AvgIpc) is 2.35. The van der Waals surface area contributed by atoms with Crippen LogP contribution < -0.4 is 5.73 Å². The van der Waals surface area contributed by atoms with Crippen LogP contribution in [-0.4, -0.2) is 53.3 Å². The highest BCUT2D eigenvalue weighted by Crippen LogP contribution is 2.18. The maximum atomic E-state index is 12.2. The van der Waals surface area contributed by atoms with Gasteiger partial charge < -0.3 is 15.5 Å². The van der Waals surface area contributed by atoms with Crippen LogP contribution in [0.5, 0.6) is 0 Å². The van der Waals surface area contributed by atoms with Gasteiger partial charge in [-0.2, -0.15) is 0 Å². The number of carbonyl (C=O) groups excluding carboxylic acids is 2. The Labute approximate surface area is 109 Å². The monoisotopic (exact) mass is 268 g/mol. The van der Waals surface area contributed by atoms with E-state index in [-0.39, 0.29) is 34.9 Å². The molecule has 0 bridgehead atoms. The molecule has 1 aromatic rings. The van der Waals surface area contributed by atoms with Crippen LogP contribution in [0.2, 0.25) is 5.02 Å². The molecule has 1 fully saturated rings. The number of amides is 2. The Hall–Kier alpha value is -1.82. The molecule has 1 aliphatic heterocycles. The maximum Gasteiger partial charge on any atom is 0.274 e. The molecule has 0 aromatic carbocycles. The fourth-order valence-electron chi connectivity index (χ4n) is 1.69. The van der Waals surface area contributed by atoms with E-state index >= 15 is 0 Å². The van der Waals surface area contributed by atoms with Crippen LogP contribution in [-0.2, 0) is 4.79 Å². The summed E-state index contributed by atoms with van der Waals surface area (Å²) in [5.41, 5.74) is 5.62. The average molecular weight is 269 g/mol. The van der Waals surface area contributed by atoms with Crippen LogP contribution in [0, 0.1) is 0 Å². The van der Waals surface area contributed by atoms with Gasteiger partial charge in [-0.05, 0) is 12.1 Å². The Morgan fingerprint density at radius 1 is 1.44 bits per heavy atom. The maximum absolute atomic E-state index is 12.2. The van der Waals surface area contributed by atoms with Crippen molar-refractivity contribution in [1.29, 1.82) is 0 Å². The summed E-state index contributed by atoms with van der Waals surface area (Å²) < 4.78 is 0. The van der Waals surface area contributed by atoms with Gasteiger partial charge in [0.05, 0.1) is 5.02 Å². The Balaban J connectivity index is 2.21. The highest BCUT2D eigenvalue weighted by Gasteiger charge is 2.27. The van der Waals surface area contributed by atoms with Gasteiger partial charge in [-0.3, -0.25) is 9.59 Å². The minimum absolute atomic E-state index is 0.0438. The quantitative estimate of drug-likeness (QED) is 0.791. The van der Waals surface area contributed by atoms with E-state index in [2.05, 4.69) is 4.98 Å². The largest absolute Gasteiger partial charge is 0.384 e. The Morgan fingerprint density at radius 2 is 2.17 bits per heavy atom. The van der Waals surface area contributed by atoms with Crippen LogP contribution in [0.3, 0.4) is 0 Å². The van der Waals surface area contributed by atoms with E-state index in [1.807, 2.05) is 0 Å². The molecule has 0 aliphatic carbocycles. The highest BCUT2D eigenvalue weighted by atomic mass is 35.5. The standard InChI is InChI=1S/C11H13ClN4O2/c1-15-4-5-16(6-9(15)17)11(18)10-7(12)2-3-8(13)14-10/h2-3H,4-6H2,1H3,(H2,13,14). The fraction of sp³-hybridized carbons (Fsp3) is 0.364. The lowest BCUT2D eigenvalue weighted by Crippen LogP contribution is -2.50. The summed E-state index contributed by atoms with van der Waals surface area (Å²) in [5, 5.41) is 0.237. The van der Waals surface area contributed by atoms with Crippen LogP contribution in [0.15, 0.2) is 12.1 Å². The zero-order chi connectivity index (χ0) is 13.3. The van der Waals surface area contributed by atoms with E-state index in [1.54, 1.807) is 11.9 Å². The SMILES string of the molecule is CN1CCN(C(=O)c2nc(N)ccc2Cl)CC1=O. The van der Waals surface area contributed by atoms with Crippen molar-refractivity contribution in [3.8, 4) is 0 Å². The van der Waals surface area contributed by atoms with Crippen molar-refractivity contribution in [3.05, 3.63) is 22.8 Å². The topological polar surface area (TPSA) is 79.5 Å². The third kappa shape index (κ3) is 2.38. The molecule has 1 aromatic heterocycles. The number of nitrogens with two attached hydrogens (primary N) is 1. The predicted octanol–water partition coefficient (Wildman–Crippen LogP) is 0.231. The van der Waals surface area contributed by atoms with Crippen molar-refractivity contribution in [2.24, 2.45) is 0 Å². The van der Waals surface area contributed by atoms with Gasteiger partial charge in [-0.25, -0.2) is 4.98 Å².